The van der Waals surface area contributed by atoms with E-state index >= 15 is 0 Å². The molecule has 0 spiro atoms. The van der Waals surface area contributed by atoms with Crippen LogP contribution in [0, 0.1) is 0 Å². The molecule has 0 aromatic carbocycles. The molecule has 0 aliphatic rings. The van der Waals surface area contributed by atoms with Crippen LogP contribution >= 0.6 is 0 Å². The maximum atomic E-state index is 10.5. The van der Waals surface area contributed by atoms with Crippen LogP contribution in [0.2, 0.25) is 18.1 Å². The van der Waals surface area contributed by atoms with Crippen LogP contribution in [0.15, 0.2) is 0 Å². The number of hydrogen-bond donors (Lipinski definition) is 2. The summed E-state index contributed by atoms with van der Waals surface area (Å²) in [7, 11) is -1.67. The van der Waals surface area contributed by atoms with Gasteiger partial charge in [-0.15, -0.1) is 0 Å². The van der Waals surface area contributed by atoms with Crippen LogP contribution in [0.25, 0.3) is 0 Å². The standard InChI is InChI=1S/C6H16OSi.C2H3F3O.Zn/c1-4-8(7,5-2)6-3;3-2(4,5)1-6;/h7H,4-6H2,1-3H3;6H,1H2;. The smallest absolute Gasteiger partial charge is 0.411 e. The maximum absolute atomic E-state index is 10.5. The van der Waals surface area contributed by atoms with E-state index in [2.05, 4.69) is 20.8 Å². The quantitative estimate of drug-likeness (QED) is 0.786. The van der Waals surface area contributed by atoms with E-state index in [0.717, 1.165) is 18.1 Å². The third-order valence-corrected chi connectivity index (χ3v) is 6.10. The molecule has 0 aromatic heterocycles. The summed E-state index contributed by atoms with van der Waals surface area (Å²) in [6, 6.07) is 3.04. The fourth-order valence-corrected chi connectivity index (χ4v) is 2.25. The fourth-order valence-electron chi connectivity index (χ4n) is 0.750. The number of aliphatic hydroxyl groups excluding tert-OH is 1. The van der Waals surface area contributed by atoms with Crippen LogP contribution in [-0.4, -0.2) is 31.0 Å². The van der Waals surface area contributed by atoms with Crippen LogP contribution in [0.3, 0.4) is 0 Å². The normalized spacial score (nSPS) is 11.2. The van der Waals surface area contributed by atoms with Gasteiger partial charge in [0.15, 0.2) is 8.32 Å². The molecule has 0 bridgehead atoms. The van der Waals surface area contributed by atoms with E-state index in [0.29, 0.717) is 0 Å². The summed E-state index contributed by atoms with van der Waals surface area (Å²) in [5.41, 5.74) is 0. The van der Waals surface area contributed by atoms with Gasteiger partial charge in [0.25, 0.3) is 0 Å². The zero-order valence-corrected chi connectivity index (χ0v) is 13.5. The van der Waals surface area contributed by atoms with E-state index in [4.69, 9.17) is 5.11 Å². The van der Waals surface area contributed by atoms with Crippen molar-refractivity contribution in [1.29, 1.82) is 0 Å². The molecule has 0 unspecified atom stereocenters. The molecule has 0 saturated heterocycles. The van der Waals surface area contributed by atoms with Gasteiger partial charge in [0, 0.05) is 19.5 Å². The van der Waals surface area contributed by atoms with Crippen molar-refractivity contribution in [2.45, 2.75) is 45.1 Å². The third kappa shape index (κ3) is 14.6. The van der Waals surface area contributed by atoms with Gasteiger partial charge in [-0.05, 0) is 18.1 Å². The summed E-state index contributed by atoms with van der Waals surface area (Å²) in [5, 5.41) is 7.28. The number of hydrogen-bond acceptors (Lipinski definition) is 2. The van der Waals surface area contributed by atoms with Gasteiger partial charge in [0.2, 0.25) is 0 Å². The number of aliphatic hydroxyl groups is 1. The summed E-state index contributed by atoms with van der Waals surface area (Å²) in [4.78, 5) is 9.58. The summed E-state index contributed by atoms with van der Waals surface area (Å²) in [6.07, 6.45) is -4.40. The molecule has 0 aliphatic carbocycles. The minimum Gasteiger partial charge on any atom is -0.432 e. The van der Waals surface area contributed by atoms with Gasteiger partial charge in [-0.25, -0.2) is 0 Å². The molecule has 0 amide bonds. The largest absolute Gasteiger partial charge is 0.432 e. The SMILES string of the molecule is CC[Si](O)(CC)CC.OCC(F)(F)F.[Zn]. The van der Waals surface area contributed by atoms with Crippen LogP contribution in [0.4, 0.5) is 13.2 Å². The van der Waals surface area contributed by atoms with Crippen LogP contribution < -0.4 is 0 Å². The molecule has 90 valence electrons. The molecule has 0 radical (unpaired) electrons. The Balaban J connectivity index is -0.000000187. The first kappa shape index (κ1) is 20.9. The Hall–Kier alpha value is 0.550. The van der Waals surface area contributed by atoms with Crippen molar-refractivity contribution >= 4 is 8.32 Å². The Morgan fingerprint density at radius 1 is 1.00 bits per heavy atom. The van der Waals surface area contributed by atoms with E-state index in [1.807, 2.05) is 0 Å². The van der Waals surface area contributed by atoms with Crippen molar-refractivity contribution in [1.82, 2.24) is 0 Å². The molecule has 0 fully saturated rings. The van der Waals surface area contributed by atoms with Gasteiger partial charge in [0.1, 0.15) is 6.61 Å². The maximum Gasteiger partial charge on any atom is 0.411 e. The molecule has 0 aliphatic heterocycles. The number of halogens is 3. The van der Waals surface area contributed by atoms with Crippen LogP contribution in [0.1, 0.15) is 20.8 Å². The van der Waals surface area contributed by atoms with Crippen molar-refractivity contribution in [2.75, 3.05) is 6.61 Å². The first-order valence-electron chi connectivity index (χ1n) is 4.64. The van der Waals surface area contributed by atoms with E-state index in [1.165, 1.54) is 0 Å². The second kappa shape index (κ2) is 9.75. The molecule has 0 atom stereocenters. The van der Waals surface area contributed by atoms with E-state index in [1.54, 1.807) is 0 Å². The van der Waals surface area contributed by atoms with E-state index < -0.39 is 21.1 Å². The predicted octanol–water partition coefficient (Wildman–Crippen LogP) is 2.52. The number of alkyl halides is 3. The minimum atomic E-state index is -4.40. The molecule has 0 aromatic rings. The Morgan fingerprint density at radius 2 is 1.20 bits per heavy atom. The first-order chi connectivity index (χ1) is 6.24. The molecule has 0 saturated carbocycles. The molecular weight excluding hydrogens is 279 g/mol. The Labute approximate surface area is 103 Å². The van der Waals surface area contributed by atoms with E-state index in [-0.39, 0.29) is 19.5 Å². The zero-order chi connectivity index (χ0) is 11.8. The van der Waals surface area contributed by atoms with Crippen molar-refractivity contribution < 1.29 is 42.6 Å². The van der Waals surface area contributed by atoms with Gasteiger partial charge < -0.3 is 9.90 Å². The van der Waals surface area contributed by atoms with Crippen molar-refractivity contribution in [3.63, 3.8) is 0 Å². The summed E-state index contributed by atoms with van der Waals surface area (Å²) in [5.74, 6) is 0. The fraction of sp³-hybridized carbons (Fsp3) is 1.00. The zero-order valence-electron chi connectivity index (χ0n) is 9.56. The second-order valence-electron chi connectivity index (χ2n) is 3.06. The van der Waals surface area contributed by atoms with Gasteiger partial charge in [0.05, 0.1) is 0 Å². The Kier molecular flexibility index (Phi) is 13.6. The monoisotopic (exact) mass is 296 g/mol. The molecule has 7 heteroatoms. The molecular formula is C8H19F3O2SiZn. The average molecular weight is 298 g/mol. The Morgan fingerprint density at radius 3 is 1.20 bits per heavy atom. The van der Waals surface area contributed by atoms with Gasteiger partial charge in [-0.2, -0.15) is 13.2 Å². The van der Waals surface area contributed by atoms with Crippen molar-refractivity contribution in [2.24, 2.45) is 0 Å². The van der Waals surface area contributed by atoms with Gasteiger partial charge in [-0.1, -0.05) is 20.8 Å². The van der Waals surface area contributed by atoms with Gasteiger partial charge >= 0.3 is 6.18 Å². The average Bonchev–Trinajstić information content (AvgIpc) is 2.16. The molecule has 2 N–H and O–H groups in total. The van der Waals surface area contributed by atoms with Gasteiger partial charge in [-0.3, -0.25) is 0 Å². The topological polar surface area (TPSA) is 40.5 Å². The Bertz CT molecular complexity index is 132. The summed E-state index contributed by atoms with van der Waals surface area (Å²) in [6.45, 7) is 4.52. The molecule has 2 nitrogen and oxygen atoms in total. The second-order valence-corrected chi connectivity index (χ2v) is 7.63. The van der Waals surface area contributed by atoms with Crippen LogP contribution in [0.5, 0.6) is 0 Å². The van der Waals surface area contributed by atoms with Crippen LogP contribution in [-0.2, 0) is 19.5 Å². The first-order valence-corrected chi connectivity index (χ1v) is 7.21. The summed E-state index contributed by atoms with van der Waals surface area (Å²) >= 11 is 0. The summed E-state index contributed by atoms with van der Waals surface area (Å²) < 4.78 is 31.6. The minimum absolute atomic E-state index is 0. The van der Waals surface area contributed by atoms with Crippen molar-refractivity contribution in [3.05, 3.63) is 0 Å². The predicted molar refractivity (Wildman–Crippen MR) is 52.6 cm³/mol. The molecule has 0 heterocycles. The molecule has 0 rings (SSSR count). The molecule has 15 heavy (non-hydrogen) atoms. The number of rotatable bonds is 3. The van der Waals surface area contributed by atoms with E-state index in [9.17, 15) is 18.0 Å². The van der Waals surface area contributed by atoms with Crippen molar-refractivity contribution in [3.8, 4) is 0 Å². The third-order valence-electron chi connectivity index (χ3n) is 2.15.